The number of hydrogen-bond donors (Lipinski definition) is 1. The van der Waals surface area contributed by atoms with Gasteiger partial charge in [0.2, 0.25) is 0 Å². The first kappa shape index (κ1) is 16.2. The van der Waals surface area contributed by atoms with Crippen LogP contribution in [-0.4, -0.2) is 35.9 Å². The minimum Gasteiger partial charge on any atom is -0.368 e. The minimum atomic E-state index is -4.61. The molecule has 0 radical (unpaired) electrons. The van der Waals surface area contributed by atoms with Gasteiger partial charge in [0.15, 0.2) is 5.65 Å². The Hall–Kier alpha value is -2.65. The molecule has 0 saturated heterocycles. The van der Waals surface area contributed by atoms with Gasteiger partial charge in [-0.3, -0.25) is 0 Å². The van der Waals surface area contributed by atoms with Crippen LogP contribution in [0.4, 0.5) is 19.0 Å². The van der Waals surface area contributed by atoms with Crippen LogP contribution in [0.2, 0.25) is 0 Å². The lowest BCUT2D eigenvalue weighted by Crippen LogP contribution is -2.16. The Bertz CT molecular complexity index is 878. The molecular weight excluding hydrogens is 323 g/mol. The number of alkyl halides is 3. The van der Waals surface area contributed by atoms with Crippen LogP contribution >= 0.6 is 0 Å². The van der Waals surface area contributed by atoms with Crippen molar-refractivity contribution in [3.8, 4) is 0 Å². The molecule has 0 unspecified atom stereocenters. The molecule has 10 heteroatoms. The Kier molecular flexibility index (Phi) is 3.90. The molecule has 0 amide bonds. The Balaban J connectivity index is 1.90. The minimum absolute atomic E-state index is 0.108. The van der Waals surface area contributed by atoms with Gasteiger partial charge >= 0.3 is 6.18 Å². The van der Waals surface area contributed by atoms with Gasteiger partial charge < -0.3 is 9.88 Å². The van der Waals surface area contributed by atoms with Crippen molar-refractivity contribution in [3.05, 3.63) is 35.2 Å². The largest absolute Gasteiger partial charge is 0.453 e. The van der Waals surface area contributed by atoms with Gasteiger partial charge in [0.25, 0.3) is 5.82 Å². The first-order valence-electron chi connectivity index (χ1n) is 7.28. The lowest BCUT2D eigenvalue weighted by Gasteiger charge is -2.12. The number of nitrogens with zero attached hydrogens (tertiary/aromatic N) is 6. The Morgan fingerprint density at radius 3 is 2.54 bits per heavy atom. The van der Waals surface area contributed by atoms with Crippen molar-refractivity contribution in [3.63, 3.8) is 0 Å². The van der Waals surface area contributed by atoms with Crippen LogP contribution in [0.5, 0.6) is 0 Å². The van der Waals surface area contributed by atoms with Gasteiger partial charge in [-0.05, 0) is 19.4 Å². The summed E-state index contributed by atoms with van der Waals surface area (Å²) in [7, 11) is 1.88. The smallest absolute Gasteiger partial charge is 0.368 e. The summed E-state index contributed by atoms with van der Waals surface area (Å²) in [6.45, 7) is 4.01. The van der Waals surface area contributed by atoms with Crippen molar-refractivity contribution >= 4 is 11.5 Å². The molecule has 0 fully saturated rings. The van der Waals surface area contributed by atoms with E-state index in [2.05, 4.69) is 25.6 Å². The highest BCUT2D eigenvalue weighted by Gasteiger charge is 2.38. The number of nitrogens with one attached hydrogen (secondary N) is 1. The fraction of sp³-hybridized carbons (Fsp3) is 0.429. The summed E-state index contributed by atoms with van der Waals surface area (Å²) in [5.41, 5.74) is 2.47. The number of rotatable bonds is 4. The van der Waals surface area contributed by atoms with E-state index in [1.54, 1.807) is 26.4 Å². The molecule has 3 aromatic heterocycles. The molecule has 0 aliphatic heterocycles. The van der Waals surface area contributed by atoms with Crippen molar-refractivity contribution in [2.45, 2.75) is 26.4 Å². The topological polar surface area (TPSA) is 72.9 Å². The van der Waals surface area contributed by atoms with E-state index < -0.39 is 12.0 Å². The average molecular weight is 339 g/mol. The molecule has 128 valence electrons. The van der Waals surface area contributed by atoms with Crippen LogP contribution in [0, 0.1) is 13.8 Å². The molecule has 3 rings (SSSR count). The number of anilines is 1. The van der Waals surface area contributed by atoms with E-state index in [1.807, 2.05) is 11.6 Å². The molecular formula is C14H16F3N7. The summed E-state index contributed by atoms with van der Waals surface area (Å²) >= 11 is 0. The molecule has 1 N–H and O–H groups in total. The summed E-state index contributed by atoms with van der Waals surface area (Å²) in [6.07, 6.45) is -0.497. The molecule has 0 aliphatic rings. The number of aromatic nitrogens is 6. The molecule has 0 aliphatic carbocycles. The third kappa shape index (κ3) is 2.79. The van der Waals surface area contributed by atoms with Gasteiger partial charge in [-0.2, -0.15) is 17.7 Å². The predicted octanol–water partition coefficient (Wildman–Crippen LogP) is 2.15. The fourth-order valence-electron chi connectivity index (χ4n) is 2.41. The van der Waals surface area contributed by atoms with E-state index in [4.69, 9.17) is 0 Å². The quantitative estimate of drug-likeness (QED) is 0.788. The van der Waals surface area contributed by atoms with Gasteiger partial charge in [-0.25, -0.2) is 4.98 Å². The Morgan fingerprint density at radius 2 is 1.92 bits per heavy atom. The number of aryl methyl sites for hydroxylation is 2. The van der Waals surface area contributed by atoms with E-state index in [-0.39, 0.29) is 5.65 Å². The number of halogens is 3. The lowest BCUT2D eigenvalue weighted by molar-refractivity contribution is -0.146. The van der Waals surface area contributed by atoms with Crippen LogP contribution in [0.15, 0.2) is 12.5 Å². The highest BCUT2D eigenvalue weighted by molar-refractivity contribution is 5.58. The van der Waals surface area contributed by atoms with Crippen molar-refractivity contribution in [1.29, 1.82) is 0 Å². The van der Waals surface area contributed by atoms with Crippen molar-refractivity contribution in [2.24, 2.45) is 7.05 Å². The second kappa shape index (κ2) is 5.77. The van der Waals surface area contributed by atoms with E-state index in [1.165, 1.54) is 0 Å². The zero-order valence-electron chi connectivity index (χ0n) is 13.4. The molecule has 0 atom stereocenters. The highest BCUT2D eigenvalue weighted by atomic mass is 19.4. The molecule has 3 aromatic rings. The van der Waals surface area contributed by atoms with E-state index in [9.17, 15) is 13.2 Å². The van der Waals surface area contributed by atoms with E-state index in [0.717, 1.165) is 15.8 Å². The molecule has 0 bridgehead atoms. The predicted molar refractivity (Wildman–Crippen MR) is 80.7 cm³/mol. The summed E-state index contributed by atoms with van der Waals surface area (Å²) in [5.74, 6) is -0.747. The normalized spacial score (nSPS) is 12.1. The number of fused-ring (bicyclic) bond motifs is 1. The third-order valence-electron chi connectivity index (χ3n) is 3.94. The van der Waals surface area contributed by atoms with Crippen molar-refractivity contribution in [1.82, 2.24) is 29.4 Å². The maximum Gasteiger partial charge on any atom is 0.453 e. The fourth-order valence-corrected chi connectivity index (χ4v) is 2.41. The van der Waals surface area contributed by atoms with Gasteiger partial charge in [0.1, 0.15) is 5.82 Å². The van der Waals surface area contributed by atoms with E-state index >= 15 is 0 Å². The molecule has 0 saturated carbocycles. The van der Waals surface area contributed by atoms with Crippen LogP contribution in [0.1, 0.15) is 22.6 Å². The first-order valence-corrected chi connectivity index (χ1v) is 7.28. The third-order valence-corrected chi connectivity index (χ3v) is 3.94. The lowest BCUT2D eigenvalue weighted by atomic mass is 10.2. The average Bonchev–Trinajstić information content (AvgIpc) is 3.10. The van der Waals surface area contributed by atoms with Gasteiger partial charge in [-0.15, -0.1) is 15.3 Å². The molecule has 3 heterocycles. The van der Waals surface area contributed by atoms with Crippen LogP contribution in [0.3, 0.4) is 0 Å². The van der Waals surface area contributed by atoms with Gasteiger partial charge in [-0.1, -0.05) is 0 Å². The van der Waals surface area contributed by atoms with Gasteiger partial charge in [0, 0.05) is 37.5 Å². The van der Waals surface area contributed by atoms with Crippen molar-refractivity contribution in [2.75, 3.05) is 11.9 Å². The van der Waals surface area contributed by atoms with Gasteiger partial charge in [0.05, 0.1) is 6.33 Å². The van der Waals surface area contributed by atoms with Crippen LogP contribution < -0.4 is 5.32 Å². The maximum absolute atomic E-state index is 13.0. The monoisotopic (exact) mass is 339 g/mol. The number of imidazole rings is 1. The van der Waals surface area contributed by atoms with Crippen LogP contribution in [0.25, 0.3) is 5.65 Å². The van der Waals surface area contributed by atoms with Crippen molar-refractivity contribution < 1.29 is 13.2 Å². The first-order chi connectivity index (χ1) is 11.3. The molecule has 7 nitrogen and oxygen atoms in total. The van der Waals surface area contributed by atoms with Crippen LogP contribution in [-0.2, 0) is 19.6 Å². The maximum atomic E-state index is 13.0. The SMILES string of the molecule is Cc1c(NCCc2cncn2C)nn2c(C(F)(F)F)nnc2c1C. The zero-order valence-corrected chi connectivity index (χ0v) is 13.4. The summed E-state index contributed by atoms with van der Waals surface area (Å²) < 4.78 is 41.6. The second-order valence-electron chi connectivity index (χ2n) is 5.53. The molecule has 0 aromatic carbocycles. The summed E-state index contributed by atoms with van der Waals surface area (Å²) in [5, 5.41) is 14.0. The second-order valence-corrected chi connectivity index (χ2v) is 5.53. The zero-order chi connectivity index (χ0) is 17.5. The van der Waals surface area contributed by atoms with E-state index in [0.29, 0.717) is 24.3 Å². The number of hydrogen-bond acceptors (Lipinski definition) is 5. The Morgan fingerprint density at radius 1 is 1.17 bits per heavy atom. The molecule has 24 heavy (non-hydrogen) atoms. The Labute approximate surface area is 135 Å². The summed E-state index contributed by atoms with van der Waals surface area (Å²) in [6, 6.07) is 0. The molecule has 0 spiro atoms. The highest BCUT2D eigenvalue weighted by Crippen LogP contribution is 2.29. The summed E-state index contributed by atoms with van der Waals surface area (Å²) in [4.78, 5) is 4.03. The standard InChI is InChI=1S/C14H16F3N7/c1-8-9(2)12-20-21-13(14(15,16)17)24(12)22-11(8)19-5-4-10-6-18-7-23(10)3/h6-7H,4-5H2,1-3H3,(H,19,22).